The highest BCUT2D eigenvalue weighted by atomic mass is 35.5. The van der Waals surface area contributed by atoms with Gasteiger partial charge in [-0.3, -0.25) is 0 Å². The molecule has 0 aliphatic carbocycles. The van der Waals surface area contributed by atoms with Crippen molar-refractivity contribution in [1.29, 1.82) is 0 Å². The van der Waals surface area contributed by atoms with E-state index in [0.29, 0.717) is 6.61 Å². The first-order valence-corrected chi connectivity index (χ1v) is 3.33. The van der Waals surface area contributed by atoms with Crippen LogP contribution in [0.2, 0.25) is 0 Å². The lowest BCUT2D eigenvalue weighted by atomic mass is 10.0. The van der Waals surface area contributed by atoms with Crippen LogP contribution in [0.3, 0.4) is 0 Å². The second-order valence-corrected chi connectivity index (χ2v) is 2.35. The monoisotopic (exact) mass is 181 g/mol. The lowest BCUT2D eigenvalue weighted by Gasteiger charge is -2.18. The Morgan fingerprint density at radius 2 is 2.36 bits per heavy atom. The van der Waals surface area contributed by atoms with Gasteiger partial charge in [-0.1, -0.05) is 0 Å². The van der Waals surface area contributed by atoms with Gasteiger partial charge < -0.3 is 9.57 Å². The normalized spacial score (nSPS) is 23.5. The molecule has 0 spiro atoms. The Morgan fingerprint density at radius 1 is 1.64 bits per heavy atom. The third kappa shape index (κ3) is 3.05. The van der Waals surface area contributed by atoms with Crippen LogP contribution in [-0.2, 0) is 14.4 Å². The van der Waals surface area contributed by atoms with E-state index in [1.165, 1.54) is 0 Å². The van der Waals surface area contributed by atoms with Crippen molar-refractivity contribution in [3.63, 3.8) is 0 Å². The quantitative estimate of drug-likeness (QED) is 0.590. The highest BCUT2D eigenvalue weighted by Crippen LogP contribution is 2.13. The molecule has 2 N–H and O–H groups in total. The van der Waals surface area contributed by atoms with Gasteiger partial charge in [0.05, 0.1) is 12.5 Å². The molecule has 66 valence electrons. The van der Waals surface area contributed by atoms with Crippen molar-refractivity contribution < 1.29 is 14.4 Å². The third-order valence-electron chi connectivity index (χ3n) is 1.61. The number of rotatable bonds is 1. The lowest BCUT2D eigenvalue weighted by molar-refractivity contribution is -0.153. The molecule has 1 rings (SSSR count). The van der Waals surface area contributed by atoms with Crippen molar-refractivity contribution in [1.82, 2.24) is 0 Å². The maximum atomic E-state index is 10.7. The van der Waals surface area contributed by atoms with Crippen molar-refractivity contribution in [2.24, 2.45) is 11.8 Å². The van der Waals surface area contributed by atoms with Crippen molar-refractivity contribution in [3.05, 3.63) is 0 Å². The summed E-state index contributed by atoms with van der Waals surface area (Å²) in [5, 5.41) is 0. The topological polar surface area (TPSA) is 61.5 Å². The van der Waals surface area contributed by atoms with Crippen LogP contribution >= 0.6 is 12.4 Å². The largest absolute Gasteiger partial charge is 0.381 e. The Kier molecular flexibility index (Phi) is 5.19. The first-order chi connectivity index (χ1) is 4.84. The van der Waals surface area contributed by atoms with E-state index in [1.54, 1.807) is 0 Å². The Labute approximate surface area is 71.4 Å². The SMILES string of the molecule is Cl.NOC(=O)C1CCCOC1. The van der Waals surface area contributed by atoms with Crippen LogP contribution in [0.15, 0.2) is 0 Å². The molecule has 0 saturated carbocycles. The first kappa shape index (κ1) is 10.7. The highest BCUT2D eigenvalue weighted by Gasteiger charge is 2.22. The molecular weight excluding hydrogens is 170 g/mol. The lowest BCUT2D eigenvalue weighted by Crippen LogP contribution is -2.28. The minimum Gasteiger partial charge on any atom is -0.381 e. The van der Waals surface area contributed by atoms with Gasteiger partial charge in [0, 0.05) is 6.61 Å². The van der Waals surface area contributed by atoms with Gasteiger partial charge in [-0.25, -0.2) is 4.79 Å². The second-order valence-electron chi connectivity index (χ2n) is 2.35. The number of hydrogen-bond donors (Lipinski definition) is 1. The minimum atomic E-state index is -0.361. The smallest absolute Gasteiger partial charge is 0.329 e. The average Bonchev–Trinajstić information content (AvgIpc) is 2.05. The zero-order valence-corrected chi connectivity index (χ0v) is 6.93. The molecule has 0 bridgehead atoms. The van der Waals surface area contributed by atoms with Gasteiger partial charge in [-0.05, 0) is 12.8 Å². The number of nitrogens with two attached hydrogens (primary N) is 1. The molecule has 1 aliphatic heterocycles. The summed E-state index contributed by atoms with van der Waals surface area (Å²) in [4.78, 5) is 14.8. The molecule has 0 aromatic carbocycles. The van der Waals surface area contributed by atoms with E-state index in [2.05, 4.69) is 4.84 Å². The molecule has 11 heavy (non-hydrogen) atoms. The van der Waals surface area contributed by atoms with Gasteiger partial charge in [-0.2, -0.15) is 5.90 Å². The van der Waals surface area contributed by atoms with E-state index in [1.807, 2.05) is 0 Å². The standard InChI is InChI=1S/C6H11NO3.ClH/c7-10-6(8)5-2-1-3-9-4-5;/h5H,1-4,7H2;1H. The van der Waals surface area contributed by atoms with Gasteiger partial charge >= 0.3 is 5.97 Å². The predicted molar refractivity (Wildman–Crippen MR) is 41.1 cm³/mol. The van der Waals surface area contributed by atoms with Crippen LogP contribution in [-0.4, -0.2) is 19.2 Å². The first-order valence-electron chi connectivity index (χ1n) is 3.33. The summed E-state index contributed by atoms with van der Waals surface area (Å²) >= 11 is 0. The van der Waals surface area contributed by atoms with Crippen molar-refractivity contribution in [3.8, 4) is 0 Å². The summed E-state index contributed by atoms with van der Waals surface area (Å²) in [5.41, 5.74) is 0. The molecule has 4 nitrogen and oxygen atoms in total. The second kappa shape index (κ2) is 5.35. The molecule has 0 radical (unpaired) electrons. The van der Waals surface area contributed by atoms with Crippen LogP contribution < -0.4 is 5.90 Å². The van der Waals surface area contributed by atoms with Gasteiger partial charge in [-0.15, -0.1) is 12.4 Å². The molecule has 0 aromatic rings. The van der Waals surface area contributed by atoms with Crippen LogP contribution in [0.1, 0.15) is 12.8 Å². The Balaban J connectivity index is 0.000001000. The summed E-state index contributed by atoms with van der Waals surface area (Å²) in [6.45, 7) is 1.20. The van der Waals surface area contributed by atoms with Crippen LogP contribution in [0.25, 0.3) is 0 Å². The maximum absolute atomic E-state index is 10.7. The van der Waals surface area contributed by atoms with Crippen LogP contribution in [0.5, 0.6) is 0 Å². The number of carbonyl (C=O) groups excluding carboxylic acids is 1. The fraction of sp³-hybridized carbons (Fsp3) is 0.833. The fourth-order valence-corrected chi connectivity index (χ4v) is 1.02. The van der Waals surface area contributed by atoms with Crippen LogP contribution in [0, 0.1) is 5.92 Å². The molecule has 1 fully saturated rings. The molecule has 5 heteroatoms. The van der Waals surface area contributed by atoms with E-state index in [9.17, 15) is 4.79 Å². The Morgan fingerprint density at radius 3 is 2.82 bits per heavy atom. The molecule has 1 saturated heterocycles. The zero-order valence-electron chi connectivity index (χ0n) is 6.12. The van der Waals surface area contributed by atoms with Gasteiger partial charge in [0.2, 0.25) is 0 Å². The number of halogens is 1. The Hall–Kier alpha value is -0.320. The van der Waals surface area contributed by atoms with Gasteiger partial charge in [0.1, 0.15) is 0 Å². The van der Waals surface area contributed by atoms with E-state index >= 15 is 0 Å². The summed E-state index contributed by atoms with van der Waals surface area (Å²) in [6.07, 6.45) is 1.75. The van der Waals surface area contributed by atoms with E-state index in [4.69, 9.17) is 10.6 Å². The van der Waals surface area contributed by atoms with Crippen molar-refractivity contribution >= 4 is 18.4 Å². The number of carbonyl (C=O) groups is 1. The number of hydrogen-bond acceptors (Lipinski definition) is 4. The summed E-state index contributed by atoms with van der Waals surface area (Å²) in [7, 11) is 0. The van der Waals surface area contributed by atoms with Crippen molar-refractivity contribution in [2.45, 2.75) is 12.8 Å². The molecule has 1 aliphatic rings. The summed E-state index contributed by atoms with van der Waals surface area (Å²) in [6, 6.07) is 0. The number of ether oxygens (including phenoxy) is 1. The summed E-state index contributed by atoms with van der Waals surface area (Å²) in [5.74, 6) is 4.20. The zero-order chi connectivity index (χ0) is 7.40. The minimum absolute atomic E-state index is 0. The van der Waals surface area contributed by atoms with Gasteiger partial charge in [0.15, 0.2) is 0 Å². The van der Waals surface area contributed by atoms with Gasteiger partial charge in [0.25, 0.3) is 0 Å². The molecule has 1 unspecified atom stereocenters. The predicted octanol–water partition coefficient (Wildman–Crippen LogP) is 0.252. The highest BCUT2D eigenvalue weighted by molar-refractivity contribution is 5.85. The van der Waals surface area contributed by atoms with Crippen molar-refractivity contribution in [2.75, 3.05) is 13.2 Å². The Bertz CT molecular complexity index is 125. The van der Waals surface area contributed by atoms with E-state index in [-0.39, 0.29) is 24.3 Å². The third-order valence-corrected chi connectivity index (χ3v) is 1.61. The molecule has 1 atom stereocenters. The van der Waals surface area contributed by atoms with E-state index < -0.39 is 0 Å². The summed E-state index contributed by atoms with van der Waals surface area (Å²) < 4.78 is 5.05. The molecule has 0 aromatic heterocycles. The maximum Gasteiger partial charge on any atom is 0.329 e. The molecule has 0 amide bonds. The van der Waals surface area contributed by atoms with Crippen LogP contribution in [0.4, 0.5) is 0 Å². The fourth-order valence-electron chi connectivity index (χ4n) is 1.02. The van der Waals surface area contributed by atoms with E-state index in [0.717, 1.165) is 19.4 Å². The molecule has 1 heterocycles. The molecular formula is C6H12ClNO3. The average molecular weight is 182 g/mol.